The molecule has 1 aliphatic rings. The van der Waals surface area contributed by atoms with Crippen molar-refractivity contribution in [3.63, 3.8) is 0 Å². The number of carbonyl (C=O) groups is 1. The topological polar surface area (TPSA) is 29.1 Å². The van der Waals surface area contributed by atoms with Gasteiger partial charge in [0.2, 0.25) is 0 Å². The van der Waals surface area contributed by atoms with Crippen LogP contribution in [0, 0.1) is 5.92 Å². The summed E-state index contributed by atoms with van der Waals surface area (Å²) in [5, 5.41) is 3.23. The smallest absolute Gasteiger partial charge is 0.148 e. The molecule has 0 radical (unpaired) electrons. The summed E-state index contributed by atoms with van der Waals surface area (Å²) in [6.45, 7) is 6.97. The number of ketones is 1. The fourth-order valence-electron chi connectivity index (χ4n) is 1.24. The molecule has 0 aliphatic carbocycles. The van der Waals surface area contributed by atoms with Crippen LogP contribution in [0.3, 0.4) is 0 Å². The zero-order valence-electron chi connectivity index (χ0n) is 6.90. The van der Waals surface area contributed by atoms with E-state index in [0.717, 1.165) is 0 Å². The molecule has 1 unspecified atom stereocenters. The molecule has 0 spiro atoms. The predicted octanol–water partition coefficient (Wildman–Crippen LogP) is 0.964. The normalized spacial score (nSPS) is 33.8. The first kappa shape index (κ1) is 7.73. The molecular weight excluding hydrogens is 126 g/mol. The Morgan fingerprint density at radius 1 is 1.60 bits per heavy atom. The Hall–Kier alpha value is -0.370. The Kier molecular flexibility index (Phi) is 1.82. The fourth-order valence-corrected chi connectivity index (χ4v) is 1.24. The molecule has 2 heteroatoms. The molecule has 58 valence electrons. The number of hydrogen-bond donors (Lipinski definition) is 1. The zero-order valence-corrected chi connectivity index (χ0v) is 6.90. The van der Waals surface area contributed by atoms with E-state index in [2.05, 4.69) is 26.1 Å². The van der Waals surface area contributed by atoms with Crippen molar-refractivity contribution in [2.45, 2.75) is 32.7 Å². The van der Waals surface area contributed by atoms with E-state index < -0.39 is 0 Å². The quantitative estimate of drug-likeness (QED) is 0.589. The minimum Gasteiger partial charge on any atom is -0.304 e. The van der Waals surface area contributed by atoms with Crippen molar-refractivity contribution in [2.75, 3.05) is 6.54 Å². The molecule has 0 saturated carbocycles. The minimum atomic E-state index is 0.0666. The summed E-state index contributed by atoms with van der Waals surface area (Å²) in [7, 11) is 0. The van der Waals surface area contributed by atoms with Crippen LogP contribution in [-0.4, -0.2) is 17.9 Å². The summed E-state index contributed by atoms with van der Waals surface area (Å²) in [5.41, 5.74) is 0.0666. The van der Waals surface area contributed by atoms with Gasteiger partial charge in [-0.1, -0.05) is 13.8 Å². The van der Waals surface area contributed by atoms with Crippen LogP contribution in [0.25, 0.3) is 0 Å². The number of hydrogen-bond acceptors (Lipinski definition) is 2. The maximum Gasteiger partial charge on any atom is 0.148 e. The third kappa shape index (κ3) is 1.21. The van der Waals surface area contributed by atoms with Crippen molar-refractivity contribution in [1.29, 1.82) is 0 Å². The van der Waals surface area contributed by atoms with Crippen LogP contribution in [0.1, 0.15) is 27.2 Å². The van der Waals surface area contributed by atoms with E-state index in [1.54, 1.807) is 0 Å². The molecule has 10 heavy (non-hydrogen) atoms. The lowest BCUT2D eigenvalue weighted by atomic mass is 9.87. The Morgan fingerprint density at radius 2 is 2.20 bits per heavy atom. The van der Waals surface area contributed by atoms with Crippen molar-refractivity contribution >= 4 is 5.78 Å². The molecular formula is C8H15NO. The third-order valence-electron chi connectivity index (χ3n) is 2.53. The first-order valence-electron chi connectivity index (χ1n) is 3.81. The summed E-state index contributed by atoms with van der Waals surface area (Å²) in [4.78, 5) is 10.9. The first-order valence-corrected chi connectivity index (χ1v) is 3.81. The highest BCUT2D eigenvalue weighted by atomic mass is 16.1. The Morgan fingerprint density at radius 3 is 2.40 bits per heavy atom. The van der Waals surface area contributed by atoms with Gasteiger partial charge in [0.25, 0.3) is 0 Å². The van der Waals surface area contributed by atoms with E-state index in [0.29, 0.717) is 24.7 Å². The molecule has 0 aromatic heterocycles. The summed E-state index contributed by atoms with van der Waals surface area (Å²) >= 11 is 0. The largest absolute Gasteiger partial charge is 0.304 e. The van der Waals surface area contributed by atoms with Crippen molar-refractivity contribution < 1.29 is 4.79 Å². The Bertz CT molecular complexity index is 153. The molecule has 1 aliphatic heterocycles. The molecule has 0 aromatic rings. The van der Waals surface area contributed by atoms with Crippen LogP contribution in [0.5, 0.6) is 0 Å². The molecule has 1 saturated heterocycles. The van der Waals surface area contributed by atoms with Crippen LogP contribution in [0.15, 0.2) is 0 Å². The van der Waals surface area contributed by atoms with E-state index in [4.69, 9.17) is 0 Å². The van der Waals surface area contributed by atoms with Gasteiger partial charge in [-0.2, -0.15) is 0 Å². The lowest BCUT2D eigenvalue weighted by Crippen LogP contribution is -2.41. The van der Waals surface area contributed by atoms with E-state index in [9.17, 15) is 4.79 Å². The van der Waals surface area contributed by atoms with Crippen LogP contribution in [0.4, 0.5) is 0 Å². The minimum absolute atomic E-state index is 0.0666. The molecule has 2 nitrogen and oxygen atoms in total. The second-order valence-electron chi connectivity index (χ2n) is 3.64. The van der Waals surface area contributed by atoms with Crippen LogP contribution in [0.2, 0.25) is 0 Å². The number of nitrogens with one attached hydrogen (secondary N) is 1. The lowest BCUT2D eigenvalue weighted by Gasteiger charge is -2.27. The van der Waals surface area contributed by atoms with Crippen LogP contribution >= 0.6 is 0 Å². The van der Waals surface area contributed by atoms with E-state index in [1.807, 2.05) is 0 Å². The fraction of sp³-hybridized carbons (Fsp3) is 0.875. The van der Waals surface area contributed by atoms with Gasteiger partial charge in [0.15, 0.2) is 0 Å². The van der Waals surface area contributed by atoms with Crippen molar-refractivity contribution in [3.05, 3.63) is 0 Å². The van der Waals surface area contributed by atoms with Gasteiger partial charge in [-0.25, -0.2) is 0 Å². The second kappa shape index (κ2) is 2.35. The van der Waals surface area contributed by atoms with E-state index in [1.165, 1.54) is 0 Å². The predicted molar refractivity (Wildman–Crippen MR) is 40.9 cm³/mol. The highest BCUT2D eigenvalue weighted by Crippen LogP contribution is 2.24. The second-order valence-corrected chi connectivity index (χ2v) is 3.64. The molecule has 1 atom stereocenters. The summed E-state index contributed by atoms with van der Waals surface area (Å²) in [6.07, 6.45) is 0.699. The average Bonchev–Trinajstić information content (AvgIpc) is 2.13. The SMILES string of the molecule is CC(C)C1(C)CC(=O)CN1. The maximum absolute atomic E-state index is 10.9. The molecule has 0 aromatic carbocycles. The van der Waals surface area contributed by atoms with Crippen molar-refractivity contribution in [2.24, 2.45) is 5.92 Å². The highest BCUT2D eigenvalue weighted by Gasteiger charge is 2.35. The number of carbonyl (C=O) groups excluding carboxylic acids is 1. The van der Waals surface area contributed by atoms with E-state index in [-0.39, 0.29) is 5.54 Å². The molecule has 0 bridgehead atoms. The van der Waals surface area contributed by atoms with Gasteiger partial charge >= 0.3 is 0 Å². The standard InChI is InChI=1S/C8H15NO/c1-6(2)8(3)4-7(10)5-9-8/h6,9H,4-5H2,1-3H3. The van der Waals surface area contributed by atoms with Gasteiger partial charge in [0.1, 0.15) is 5.78 Å². The van der Waals surface area contributed by atoms with Crippen LogP contribution in [-0.2, 0) is 4.79 Å². The first-order chi connectivity index (χ1) is 4.54. The van der Waals surface area contributed by atoms with Gasteiger partial charge in [0.05, 0.1) is 6.54 Å². The molecule has 1 heterocycles. The van der Waals surface area contributed by atoms with Gasteiger partial charge in [-0.05, 0) is 12.8 Å². The van der Waals surface area contributed by atoms with Crippen molar-refractivity contribution in [1.82, 2.24) is 5.32 Å². The summed E-state index contributed by atoms with van der Waals surface area (Å²) in [5.74, 6) is 0.884. The third-order valence-corrected chi connectivity index (χ3v) is 2.53. The van der Waals surface area contributed by atoms with E-state index >= 15 is 0 Å². The van der Waals surface area contributed by atoms with Crippen LogP contribution < -0.4 is 5.32 Å². The van der Waals surface area contributed by atoms with Gasteiger partial charge in [0, 0.05) is 12.0 Å². The monoisotopic (exact) mass is 141 g/mol. The number of rotatable bonds is 1. The van der Waals surface area contributed by atoms with Gasteiger partial charge in [-0.3, -0.25) is 4.79 Å². The molecule has 1 N–H and O–H groups in total. The molecule has 0 amide bonds. The van der Waals surface area contributed by atoms with Gasteiger partial charge < -0.3 is 5.32 Å². The lowest BCUT2D eigenvalue weighted by molar-refractivity contribution is -0.116. The van der Waals surface area contributed by atoms with Gasteiger partial charge in [-0.15, -0.1) is 0 Å². The zero-order chi connectivity index (χ0) is 7.78. The Labute approximate surface area is 62.0 Å². The highest BCUT2D eigenvalue weighted by molar-refractivity contribution is 5.84. The molecule has 1 fully saturated rings. The average molecular weight is 141 g/mol. The molecule has 1 rings (SSSR count). The Balaban J connectivity index is 2.63. The summed E-state index contributed by atoms with van der Waals surface area (Å²) in [6, 6.07) is 0. The maximum atomic E-state index is 10.9. The van der Waals surface area contributed by atoms with Crippen molar-refractivity contribution in [3.8, 4) is 0 Å². The summed E-state index contributed by atoms with van der Waals surface area (Å²) < 4.78 is 0. The number of Topliss-reactive ketones (excluding diaryl/α,β-unsaturated/α-hetero) is 1.